The lowest BCUT2D eigenvalue weighted by Crippen LogP contribution is -2.63. The molecule has 0 bridgehead atoms. The van der Waals surface area contributed by atoms with E-state index in [4.69, 9.17) is 4.74 Å². The summed E-state index contributed by atoms with van der Waals surface area (Å²) in [6.45, 7) is 2.80. The summed E-state index contributed by atoms with van der Waals surface area (Å²) >= 11 is 0. The van der Waals surface area contributed by atoms with E-state index in [0.29, 0.717) is 11.8 Å². The summed E-state index contributed by atoms with van der Waals surface area (Å²) in [5, 5.41) is 3.15. The highest BCUT2D eigenvalue weighted by Crippen LogP contribution is 2.54. The third kappa shape index (κ3) is 2.06. The maximum absolute atomic E-state index is 12.1. The van der Waals surface area contributed by atoms with Crippen molar-refractivity contribution in [1.82, 2.24) is 15.3 Å². The van der Waals surface area contributed by atoms with Crippen molar-refractivity contribution in [3.05, 3.63) is 18.2 Å². The summed E-state index contributed by atoms with van der Waals surface area (Å²) in [4.78, 5) is 18.8. The Labute approximate surface area is 113 Å². The SMILES string of the molecule is CCO[C@H]1C[C@H](NC(=O)c2cnc[nH]2)C12CCCC2. The number of carbonyl (C=O) groups is 1. The molecule has 2 atom stereocenters. The van der Waals surface area contributed by atoms with Gasteiger partial charge in [0, 0.05) is 18.1 Å². The van der Waals surface area contributed by atoms with Gasteiger partial charge in [-0.2, -0.15) is 0 Å². The van der Waals surface area contributed by atoms with E-state index in [9.17, 15) is 4.79 Å². The highest BCUT2D eigenvalue weighted by molar-refractivity contribution is 5.92. The fraction of sp³-hybridized carbons (Fsp3) is 0.714. The van der Waals surface area contributed by atoms with E-state index in [0.717, 1.165) is 13.0 Å². The largest absolute Gasteiger partial charge is 0.378 e. The Morgan fingerprint density at radius 2 is 2.37 bits per heavy atom. The monoisotopic (exact) mass is 263 g/mol. The molecule has 2 aliphatic carbocycles. The molecule has 0 aliphatic heterocycles. The summed E-state index contributed by atoms with van der Waals surface area (Å²) in [6.07, 6.45) is 9.21. The third-order valence-corrected chi connectivity index (χ3v) is 4.74. The Balaban J connectivity index is 1.67. The van der Waals surface area contributed by atoms with Crippen LogP contribution in [0.1, 0.15) is 49.5 Å². The molecule has 0 aromatic carbocycles. The Bertz CT molecular complexity index is 438. The zero-order valence-corrected chi connectivity index (χ0v) is 11.3. The van der Waals surface area contributed by atoms with Gasteiger partial charge in [0.05, 0.1) is 18.6 Å². The highest BCUT2D eigenvalue weighted by atomic mass is 16.5. The number of nitrogens with zero attached hydrogens (tertiary/aromatic N) is 1. The van der Waals surface area contributed by atoms with Crippen molar-refractivity contribution >= 4 is 5.91 Å². The Kier molecular flexibility index (Phi) is 3.31. The lowest BCUT2D eigenvalue weighted by Gasteiger charge is -2.54. The van der Waals surface area contributed by atoms with Crippen molar-refractivity contribution in [2.24, 2.45) is 5.41 Å². The van der Waals surface area contributed by atoms with Gasteiger partial charge >= 0.3 is 0 Å². The first-order chi connectivity index (χ1) is 9.26. The van der Waals surface area contributed by atoms with E-state index in [2.05, 4.69) is 15.3 Å². The van der Waals surface area contributed by atoms with Crippen LogP contribution in [0.3, 0.4) is 0 Å². The predicted molar refractivity (Wildman–Crippen MR) is 70.8 cm³/mol. The second kappa shape index (κ2) is 4.96. The van der Waals surface area contributed by atoms with Crippen LogP contribution in [-0.2, 0) is 4.74 Å². The minimum absolute atomic E-state index is 0.0521. The van der Waals surface area contributed by atoms with E-state index in [1.54, 1.807) is 6.20 Å². The van der Waals surface area contributed by atoms with Gasteiger partial charge in [-0.25, -0.2) is 4.98 Å². The van der Waals surface area contributed by atoms with Gasteiger partial charge in [0.15, 0.2) is 0 Å². The summed E-state index contributed by atoms with van der Waals surface area (Å²) < 4.78 is 5.85. The first-order valence-corrected chi connectivity index (χ1v) is 7.17. The number of H-pyrrole nitrogens is 1. The molecule has 104 valence electrons. The number of ether oxygens (including phenoxy) is 1. The topological polar surface area (TPSA) is 67.0 Å². The Hall–Kier alpha value is -1.36. The number of imidazole rings is 1. The first kappa shape index (κ1) is 12.7. The van der Waals surface area contributed by atoms with Gasteiger partial charge in [0.2, 0.25) is 0 Å². The number of hydrogen-bond donors (Lipinski definition) is 2. The van der Waals surface area contributed by atoms with Gasteiger partial charge in [0.1, 0.15) is 5.69 Å². The van der Waals surface area contributed by atoms with Crippen molar-refractivity contribution in [3.63, 3.8) is 0 Å². The fourth-order valence-electron chi connectivity index (χ4n) is 3.70. The minimum atomic E-state index is -0.0521. The molecule has 1 aromatic heterocycles. The van der Waals surface area contributed by atoms with Crippen LogP contribution in [0.2, 0.25) is 0 Å². The molecule has 19 heavy (non-hydrogen) atoms. The number of rotatable bonds is 4. The molecule has 2 saturated carbocycles. The van der Waals surface area contributed by atoms with Crippen molar-refractivity contribution in [2.75, 3.05) is 6.61 Å². The average Bonchev–Trinajstić information content (AvgIpc) is 3.09. The van der Waals surface area contributed by atoms with E-state index in [1.165, 1.54) is 32.0 Å². The van der Waals surface area contributed by atoms with E-state index < -0.39 is 0 Å². The van der Waals surface area contributed by atoms with Crippen LogP contribution in [0.4, 0.5) is 0 Å². The second-order valence-electron chi connectivity index (χ2n) is 5.61. The van der Waals surface area contributed by atoms with Gasteiger partial charge in [-0.3, -0.25) is 4.79 Å². The van der Waals surface area contributed by atoms with Crippen molar-refractivity contribution in [2.45, 2.75) is 51.2 Å². The third-order valence-electron chi connectivity index (χ3n) is 4.74. The molecular weight excluding hydrogens is 242 g/mol. The van der Waals surface area contributed by atoms with Gasteiger partial charge in [0.25, 0.3) is 5.91 Å². The smallest absolute Gasteiger partial charge is 0.269 e. The van der Waals surface area contributed by atoms with Gasteiger partial charge < -0.3 is 15.0 Å². The number of carbonyl (C=O) groups excluding carboxylic acids is 1. The molecule has 0 saturated heterocycles. The molecule has 0 radical (unpaired) electrons. The molecular formula is C14H21N3O2. The quantitative estimate of drug-likeness (QED) is 0.871. The second-order valence-corrected chi connectivity index (χ2v) is 5.61. The minimum Gasteiger partial charge on any atom is -0.378 e. The van der Waals surface area contributed by atoms with Crippen molar-refractivity contribution in [3.8, 4) is 0 Å². The van der Waals surface area contributed by atoms with E-state index in [1.807, 2.05) is 6.92 Å². The molecule has 1 amide bonds. The number of nitrogens with one attached hydrogen (secondary N) is 2. The van der Waals surface area contributed by atoms with Crippen molar-refractivity contribution < 1.29 is 9.53 Å². The molecule has 1 aromatic rings. The number of aromatic nitrogens is 2. The highest BCUT2D eigenvalue weighted by Gasteiger charge is 2.57. The molecule has 5 nitrogen and oxygen atoms in total. The molecule has 1 heterocycles. The lowest BCUT2D eigenvalue weighted by molar-refractivity contribution is -0.127. The normalized spacial score (nSPS) is 28.3. The fourth-order valence-corrected chi connectivity index (χ4v) is 3.70. The van der Waals surface area contributed by atoms with Gasteiger partial charge in [-0.15, -0.1) is 0 Å². The number of amides is 1. The lowest BCUT2D eigenvalue weighted by atomic mass is 9.60. The molecule has 5 heteroatoms. The zero-order valence-electron chi connectivity index (χ0n) is 11.3. The number of hydrogen-bond acceptors (Lipinski definition) is 3. The molecule has 3 rings (SSSR count). The van der Waals surface area contributed by atoms with Crippen molar-refractivity contribution in [1.29, 1.82) is 0 Å². The zero-order chi connectivity index (χ0) is 13.3. The van der Waals surface area contributed by atoms with Crippen LogP contribution < -0.4 is 5.32 Å². The predicted octanol–water partition coefficient (Wildman–Crippen LogP) is 1.88. The van der Waals surface area contributed by atoms with Crippen LogP contribution in [0.15, 0.2) is 12.5 Å². The van der Waals surface area contributed by atoms with Crippen LogP contribution in [0, 0.1) is 5.41 Å². The summed E-state index contributed by atoms with van der Waals surface area (Å²) in [5.41, 5.74) is 0.721. The average molecular weight is 263 g/mol. The standard InChI is InChI=1S/C14H21N3O2/c1-2-19-12-7-11(14(12)5-3-4-6-14)17-13(18)10-8-15-9-16-10/h8-9,11-12H,2-7H2,1H3,(H,15,16)(H,17,18)/t11-,12-/m0/s1. The number of aromatic amines is 1. The summed E-state index contributed by atoms with van der Waals surface area (Å²) in [6, 6.07) is 0.252. The van der Waals surface area contributed by atoms with Gasteiger partial charge in [-0.1, -0.05) is 12.8 Å². The Morgan fingerprint density at radius 1 is 1.58 bits per heavy atom. The molecule has 2 fully saturated rings. The summed E-state index contributed by atoms with van der Waals surface area (Å²) in [7, 11) is 0. The van der Waals surface area contributed by atoms with Crippen LogP contribution >= 0.6 is 0 Å². The molecule has 1 spiro atoms. The molecule has 2 aliphatic rings. The maximum Gasteiger partial charge on any atom is 0.269 e. The summed E-state index contributed by atoms with van der Waals surface area (Å²) in [5.74, 6) is -0.0521. The van der Waals surface area contributed by atoms with Crippen LogP contribution in [0.25, 0.3) is 0 Å². The maximum atomic E-state index is 12.1. The van der Waals surface area contributed by atoms with Crippen LogP contribution in [0.5, 0.6) is 0 Å². The van der Waals surface area contributed by atoms with Crippen LogP contribution in [-0.4, -0.2) is 34.6 Å². The first-order valence-electron chi connectivity index (χ1n) is 7.17. The Morgan fingerprint density at radius 3 is 3.00 bits per heavy atom. The van der Waals surface area contributed by atoms with Gasteiger partial charge in [-0.05, 0) is 26.2 Å². The molecule has 0 unspecified atom stereocenters. The van der Waals surface area contributed by atoms with E-state index >= 15 is 0 Å². The van der Waals surface area contributed by atoms with E-state index in [-0.39, 0.29) is 17.4 Å². The molecule has 2 N–H and O–H groups in total.